The first-order valence-electron chi connectivity index (χ1n) is 7.63. The molecule has 1 amide bonds. The lowest BCUT2D eigenvalue weighted by Crippen LogP contribution is -2.34. The molecule has 0 unspecified atom stereocenters. The second-order valence-electron chi connectivity index (χ2n) is 5.52. The van der Waals surface area contributed by atoms with Crippen molar-refractivity contribution >= 4 is 33.7 Å². The largest absolute Gasteiger partial charge is 0.503 e. The smallest absolute Gasteiger partial charge is 0.262 e. The van der Waals surface area contributed by atoms with Gasteiger partial charge < -0.3 is 15.2 Å². The van der Waals surface area contributed by atoms with Crippen molar-refractivity contribution in [3.8, 4) is 11.5 Å². The zero-order valence-electron chi connectivity index (χ0n) is 14.2. The van der Waals surface area contributed by atoms with Crippen LogP contribution in [0.4, 0.5) is 5.69 Å². The summed E-state index contributed by atoms with van der Waals surface area (Å²) in [6, 6.07) is 10.6. The predicted molar refractivity (Wildman–Crippen MR) is 102 cm³/mol. The lowest BCUT2D eigenvalue weighted by Gasteiger charge is -2.13. The molecule has 0 bridgehead atoms. The highest BCUT2D eigenvalue weighted by molar-refractivity contribution is 9.10. The maximum absolute atomic E-state index is 12.1. The number of hydrogen-bond acceptors (Lipinski definition) is 5. The standard InChI is InChI=1S/C18H20BrN3O3/c1-11-4-6-14(7-5-11)21-12(2)18(24)22-20-10-13-8-15(19)17(23)16(9-13)25-3/h4-10,12,21,23H,1-3H3,(H,22,24)/b20-10-/t12-/m0/s1. The molecule has 0 fully saturated rings. The minimum Gasteiger partial charge on any atom is -0.503 e. The molecule has 3 N–H and O–H groups in total. The third-order valence-corrected chi connectivity index (χ3v) is 4.09. The van der Waals surface area contributed by atoms with Gasteiger partial charge in [0, 0.05) is 5.69 Å². The van der Waals surface area contributed by atoms with Crippen molar-refractivity contribution < 1.29 is 14.6 Å². The van der Waals surface area contributed by atoms with Gasteiger partial charge in [-0.05, 0) is 59.6 Å². The number of nitrogens with one attached hydrogen (secondary N) is 2. The summed E-state index contributed by atoms with van der Waals surface area (Å²) in [6.45, 7) is 3.76. The van der Waals surface area contributed by atoms with Gasteiger partial charge >= 0.3 is 0 Å². The molecule has 0 aliphatic rings. The van der Waals surface area contributed by atoms with Gasteiger partial charge in [-0.25, -0.2) is 5.43 Å². The van der Waals surface area contributed by atoms with Gasteiger partial charge in [-0.2, -0.15) is 5.10 Å². The molecular formula is C18H20BrN3O3. The second kappa shape index (κ2) is 8.53. The van der Waals surface area contributed by atoms with E-state index in [0.717, 1.165) is 11.3 Å². The fourth-order valence-electron chi connectivity index (χ4n) is 2.06. The summed E-state index contributed by atoms with van der Waals surface area (Å²) in [5, 5.41) is 16.8. The van der Waals surface area contributed by atoms with Crippen molar-refractivity contribution in [2.24, 2.45) is 5.10 Å². The number of amides is 1. The molecule has 2 aromatic carbocycles. The number of halogens is 1. The van der Waals surface area contributed by atoms with Gasteiger partial charge in [-0.1, -0.05) is 17.7 Å². The van der Waals surface area contributed by atoms with Gasteiger partial charge in [0.1, 0.15) is 6.04 Å². The number of hydrazone groups is 1. The summed E-state index contributed by atoms with van der Waals surface area (Å²) < 4.78 is 5.55. The van der Waals surface area contributed by atoms with Crippen LogP contribution in [0.25, 0.3) is 0 Å². The van der Waals surface area contributed by atoms with Crippen molar-refractivity contribution in [1.82, 2.24) is 5.43 Å². The molecule has 0 heterocycles. The first-order chi connectivity index (χ1) is 11.9. The molecular weight excluding hydrogens is 386 g/mol. The number of carbonyl (C=O) groups excluding carboxylic acids is 1. The van der Waals surface area contributed by atoms with E-state index in [2.05, 4.69) is 31.8 Å². The number of ether oxygens (including phenoxy) is 1. The van der Waals surface area contributed by atoms with E-state index in [4.69, 9.17) is 4.74 Å². The number of aromatic hydroxyl groups is 1. The van der Waals surface area contributed by atoms with Gasteiger partial charge in [0.15, 0.2) is 11.5 Å². The molecule has 0 aliphatic heterocycles. The van der Waals surface area contributed by atoms with Gasteiger partial charge in [-0.3, -0.25) is 4.79 Å². The number of phenols is 1. The van der Waals surface area contributed by atoms with E-state index in [-0.39, 0.29) is 11.7 Å². The summed E-state index contributed by atoms with van der Waals surface area (Å²) in [4.78, 5) is 12.1. The minimum atomic E-state index is -0.444. The van der Waals surface area contributed by atoms with E-state index >= 15 is 0 Å². The predicted octanol–water partition coefficient (Wildman–Crippen LogP) is 3.42. The summed E-state index contributed by atoms with van der Waals surface area (Å²) in [7, 11) is 1.46. The van der Waals surface area contributed by atoms with E-state index in [1.165, 1.54) is 13.3 Å². The van der Waals surface area contributed by atoms with Crippen LogP contribution < -0.4 is 15.5 Å². The van der Waals surface area contributed by atoms with E-state index in [1.54, 1.807) is 19.1 Å². The Kier molecular flexibility index (Phi) is 6.41. The molecule has 0 saturated heterocycles. The highest BCUT2D eigenvalue weighted by Crippen LogP contribution is 2.34. The van der Waals surface area contributed by atoms with Crippen molar-refractivity contribution in [2.45, 2.75) is 19.9 Å². The van der Waals surface area contributed by atoms with Crippen molar-refractivity contribution in [2.75, 3.05) is 12.4 Å². The highest BCUT2D eigenvalue weighted by atomic mass is 79.9. The first-order valence-corrected chi connectivity index (χ1v) is 8.42. The zero-order chi connectivity index (χ0) is 18.4. The van der Waals surface area contributed by atoms with Crippen LogP contribution >= 0.6 is 15.9 Å². The lowest BCUT2D eigenvalue weighted by atomic mass is 10.2. The van der Waals surface area contributed by atoms with E-state index < -0.39 is 6.04 Å². The third kappa shape index (κ3) is 5.22. The van der Waals surface area contributed by atoms with E-state index in [1.807, 2.05) is 31.2 Å². The number of hydrogen-bond donors (Lipinski definition) is 3. The molecule has 2 rings (SSSR count). The van der Waals surface area contributed by atoms with Crippen LogP contribution in [-0.4, -0.2) is 30.4 Å². The summed E-state index contributed by atoms with van der Waals surface area (Å²) in [6.07, 6.45) is 1.48. The van der Waals surface area contributed by atoms with Crippen LogP contribution in [0.3, 0.4) is 0 Å². The number of methoxy groups -OCH3 is 1. The quantitative estimate of drug-likeness (QED) is 0.507. The van der Waals surface area contributed by atoms with Gasteiger partial charge in [-0.15, -0.1) is 0 Å². The molecule has 6 nitrogen and oxygen atoms in total. The van der Waals surface area contributed by atoms with Crippen LogP contribution in [0.15, 0.2) is 46.0 Å². The average molecular weight is 406 g/mol. The monoisotopic (exact) mass is 405 g/mol. The van der Waals surface area contributed by atoms with Crippen LogP contribution in [0.5, 0.6) is 11.5 Å². The summed E-state index contributed by atoms with van der Waals surface area (Å²) in [5.41, 5.74) is 5.17. The fourth-order valence-corrected chi connectivity index (χ4v) is 2.52. The Bertz CT molecular complexity index is 776. The summed E-state index contributed by atoms with van der Waals surface area (Å²) >= 11 is 3.23. The number of benzene rings is 2. The normalized spacial score (nSPS) is 12.0. The maximum Gasteiger partial charge on any atom is 0.262 e. The van der Waals surface area contributed by atoms with Gasteiger partial charge in [0.25, 0.3) is 5.91 Å². The van der Waals surface area contributed by atoms with Crippen LogP contribution in [0.2, 0.25) is 0 Å². The van der Waals surface area contributed by atoms with Crippen molar-refractivity contribution in [1.29, 1.82) is 0 Å². The molecule has 0 aromatic heterocycles. The lowest BCUT2D eigenvalue weighted by molar-refractivity contribution is -0.121. The molecule has 132 valence electrons. The Morgan fingerprint density at radius 1 is 1.32 bits per heavy atom. The first kappa shape index (κ1) is 18.8. The third-order valence-electron chi connectivity index (χ3n) is 3.49. The minimum absolute atomic E-state index is 0.0135. The average Bonchev–Trinajstić information content (AvgIpc) is 2.59. The molecule has 0 saturated carbocycles. The van der Waals surface area contributed by atoms with E-state index in [9.17, 15) is 9.90 Å². The molecule has 0 radical (unpaired) electrons. The number of rotatable bonds is 6. The number of anilines is 1. The molecule has 1 atom stereocenters. The Labute approximate surface area is 155 Å². The van der Waals surface area contributed by atoms with Crippen molar-refractivity contribution in [3.05, 3.63) is 52.0 Å². The van der Waals surface area contributed by atoms with Crippen LogP contribution in [0, 0.1) is 6.92 Å². The Balaban J connectivity index is 1.95. The Hall–Kier alpha value is -2.54. The summed E-state index contributed by atoms with van der Waals surface area (Å²) in [5.74, 6) is 0.0674. The zero-order valence-corrected chi connectivity index (χ0v) is 15.8. The number of carbonyl (C=O) groups is 1. The van der Waals surface area contributed by atoms with Gasteiger partial charge in [0.2, 0.25) is 0 Å². The SMILES string of the molecule is COc1cc(/C=N\NC(=O)[C@H](C)Nc2ccc(C)cc2)cc(Br)c1O. The highest BCUT2D eigenvalue weighted by Gasteiger charge is 2.12. The maximum atomic E-state index is 12.1. The number of nitrogens with zero attached hydrogens (tertiary/aromatic N) is 1. The second-order valence-corrected chi connectivity index (χ2v) is 6.37. The molecule has 0 aliphatic carbocycles. The van der Waals surface area contributed by atoms with Crippen LogP contribution in [0.1, 0.15) is 18.1 Å². The molecule has 25 heavy (non-hydrogen) atoms. The fraction of sp³-hybridized carbons (Fsp3) is 0.222. The number of aryl methyl sites for hydroxylation is 1. The number of phenolic OH excluding ortho intramolecular Hbond substituents is 1. The van der Waals surface area contributed by atoms with Crippen molar-refractivity contribution in [3.63, 3.8) is 0 Å². The molecule has 2 aromatic rings. The Morgan fingerprint density at radius 3 is 2.64 bits per heavy atom. The van der Waals surface area contributed by atoms with E-state index in [0.29, 0.717) is 15.8 Å². The van der Waals surface area contributed by atoms with Gasteiger partial charge in [0.05, 0.1) is 17.8 Å². The van der Waals surface area contributed by atoms with Crippen LogP contribution in [-0.2, 0) is 4.79 Å². The molecule has 7 heteroatoms. The Morgan fingerprint density at radius 2 is 2.00 bits per heavy atom. The topological polar surface area (TPSA) is 83.0 Å². The molecule has 0 spiro atoms.